The van der Waals surface area contributed by atoms with Crippen molar-refractivity contribution in [3.63, 3.8) is 0 Å². The normalized spacial score (nSPS) is 8.53. The minimum Gasteiger partial charge on any atom is -0.481 e. The van der Waals surface area contributed by atoms with Gasteiger partial charge in [0.15, 0.2) is 0 Å². The molecule has 0 bridgehead atoms. The zero-order valence-corrected chi connectivity index (χ0v) is 11.6. The van der Waals surface area contributed by atoms with Crippen LogP contribution in [-0.4, -0.2) is 49.2 Å². The molecule has 5 heteroatoms. The van der Waals surface area contributed by atoms with Gasteiger partial charge in [0.2, 0.25) is 0 Å². The summed E-state index contributed by atoms with van der Waals surface area (Å²) < 4.78 is 10.0. The number of aliphatic hydroxyl groups excluding tert-OH is 1. The number of unbranched alkanes of at least 4 members (excludes halogenated alkanes) is 1. The van der Waals surface area contributed by atoms with E-state index < -0.39 is 5.97 Å². The third-order valence-corrected chi connectivity index (χ3v) is 1.29. The molecule has 0 aliphatic carbocycles. The van der Waals surface area contributed by atoms with Gasteiger partial charge in [0, 0.05) is 26.7 Å². The first kappa shape index (κ1) is 21.6. The maximum absolute atomic E-state index is 9.00. The minimum absolute atomic E-state index is 0.344. The predicted octanol–water partition coefficient (Wildman–Crippen LogP) is 1.93. The number of carboxylic acid groups (broad SMARTS) is 1. The fraction of sp³-hybridized carbons (Fsp3) is 0.917. The van der Waals surface area contributed by atoms with Crippen molar-refractivity contribution in [2.24, 2.45) is 0 Å². The van der Waals surface area contributed by atoms with Gasteiger partial charge in [-0.05, 0) is 20.3 Å². The number of hydrogen-bond donors (Lipinski definition) is 2. The second-order valence-corrected chi connectivity index (χ2v) is 2.99. The lowest BCUT2D eigenvalue weighted by Gasteiger charge is -1.99. The largest absolute Gasteiger partial charge is 0.481 e. The molecular weight excluding hydrogens is 224 g/mol. The van der Waals surface area contributed by atoms with Crippen LogP contribution in [0.25, 0.3) is 0 Å². The quantitative estimate of drug-likeness (QED) is 0.677. The number of rotatable bonds is 7. The molecule has 0 fully saturated rings. The Morgan fingerprint density at radius 3 is 1.53 bits per heavy atom. The molecule has 106 valence electrons. The Balaban J connectivity index is -0.000000188. The molecule has 0 aromatic carbocycles. The molecule has 0 aromatic heterocycles. The van der Waals surface area contributed by atoms with Gasteiger partial charge in [0.05, 0.1) is 13.2 Å². The monoisotopic (exact) mass is 252 g/mol. The highest BCUT2D eigenvalue weighted by atomic mass is 16.5. The first-order chi connectivity index (χ1) is 8.06. The average Bonchev–Trinajstić information content (AvgIpc) is 2.26. The molecule has 0 rings (SSSR count). The molecule has 5 nitrogen and oxygen atoms in total. The van der Waals surface area contributed by atoms with Crippen LogP contribution in [0.1, 0.15) is 40.5 Å². The lowest BCUT2D eigenvalue weighted by Crippen LogP contribution is -2.02. The van der Waals surface area contributed by atoms with Crippen molar-refractivity contribution in [2.75, 3.05) is 33.0 Å². The van der Waals surface area contributed by atoms with E-state index in [1.54, 1.807) is 0 Å². The summed E-state index contributed by atoms with van der Waals surface area (Å²) in [7, 11) is 0. The molecule has 0 amide bonds. The topological polar surface area (TPSA) is 76.0 Å². The van der Waals surface area contributed by atoms with E-state index in [0.717, 1.165) is 46.2 Å². The molecule has 2 N–H and O–H groups in total. The van der Waals surface area contributed by atoms with Crippen molar-refractivity contribution in [3.8, 4) is 0 Å². The van der Waals surface area contributed by atoms with Crippen LogP contribution in [0.15, 0.2) is 0 Å². The van der Waals surface area contributed by atoms with Crippen molar-refractivity contribution in [1.82, 2.24) is 0 Å². The van der Waals surface area contributed by atoms with E-state index in [4.69, 9.17) is 24.5 Å². The zero-order valence-electron chi connectivity index (χ0n) is 11.6. The molecule has 0 spiro atoms. The molecule has 0 aromatic rings. The average molecular weight is 252 g/mol. The van der Waals surface area contributed by atoms with Crippen LogP contribution >= 0.6 is 0 Å². The van der Waals surface area contributed by atoms with Crippen LogP contribution in [-0.2, 0) is 14.3 Å². The van der Waals surface area contributed by atoms with Crippen molar-refractivity contribution >= 4 is 5.97 Å². The zero-order chi connectivity index (χ0) is 13.9. The Kier molecular flexibility index (Phi) is 31.2. The molecule has 0 aliphatic rings. The van der Waals surface area contributed by atoms with E-state index in [1.807, 2.05) is 13.8 Å². The molecule has 0 radical (unpaired) electrons. The Morgan fingerprint density at radius 1 is 1.06 bits per heavy atom. The molecular formula is C12H28O5. The van der Waals surface area contributed by atoms with Crippen LogP contribution in [0.5, 0.6) is 0 Å². The third kappa shape index (κ3) is 67.8. The second kappa shape index (κ2) is 24.5. The van der Waals surface area contributed by atoms with E-state index in [2.05, 4.69) is 6.92 Å². The van der Waals surface area contributed by atoms with Gasteiger partial charge in [-0.1, -0.05) is 13.3 Å². The van der Waals surface area contributed by atoms with Gasteiger partial charge < -0.3 is 19.7 Å². The SMILES string of the molecule is CC(=O)O.CCCCO.CCOCCOCC. The standard InChI is InChI=1S/C6H14O2.C4H10O.C2H4O2/c1-3-7-5-6-8-4-2;1-2-3-4-5;1-2(3)4/h3-6H2,1-2H3;5H,2-4H2,1H3;1H3,(H,3,4). The molecule has 0 atom stereocenters. The maximum Gasteiger partial charge on any atom is 0.300 e. The highest BCUT2D eigenvalue weighted by Crippen LogP contribution is 1.79. The summed E-state index contributed by atoms with van der Waals surface area (Å²) >= 11 is 0. The molecule has 0 heterocycles. The highest BCUT2D eigenvalue weighted by molar-refractivity contribution is 5.62. The predicted molar refractivity (Wildman–Crippen MR) is 68.3 cm³/mol. The molecule has 0 saturated carbocycles. The van der Waals surface area contributed by atoms with Crippen LogP contribution in [0.4, 0.5) is 0 Å². The summed E-state index contributed by atoms with van der Waals surface area (Å²) in [5.41, 5.74) is 0. The Labute approximate surface area is 105 Å². The Bertz CT molecular complexity index is 116. The maximum atomic E-state index is 9.00. The Hall–Kier alpha value is -0.650. The minimum atomic E-state index is -0.833. The first-order valence-corrected chi connectivity index (χ1v) is 6.02. The molecule has 0 saturated heterocycles. The summed E-state index contributed by atoms with van der Waals surface area (Å²) in [4.78, 5) is 9.00. The molecule has 17 heavy (non-hydrogen) atoms. The van der Waals surface area contributed by atoms with E-state index in [1.165, 1.54) is 0 Å². The lowest BCUT2D eigenvalue weighted by atomic mass is 10.4. The second-order valence-electron chi connectivity index (χ2n) is 2.99. The van der Waals surface area contributed by atoms with Crippen LogP contribution < -0.4 is 0 Å². The number of carboxylic acids is 1. The van der Waals surface area contributed by atoms with Gasteiger partial charge >= 0.3 is 0 Å². The van der Waals surface area contributed by atoms with E-state index in [9.17, 15) is 0 Å². The van der Waals surface area contributed by atoms with Gasteiger partial charge in [0.1, 0.15) is 0 Å². The summed E-state index contributed by atoms with van der Waals surface area (Å²) in [6.45, 7) is 10.5. The van der Waals surface area contributed by atoms with E-state index >= 15 is 0 Å². The number of aliphatic hydroxyl groups is 1. The van der Waals surface area contributed by atoms with Gasteiger partial charge in [-0.25, -0.2) is 0 Å². The lowest BCUT2D eigenvalue weighted by molar-refractivity contribution is -0.134. The number of hydrogen-bond acceptors (Lipinski definition) is 4. The number of ether oxygens (including phenoxy) is 2. The summed E-state index contributed by atoms with van der Waals surface area (Å²) in [6, 6.07) is 0. The van der Waals surface area contributed by atoms with Gasteiger partial charge in [-0.15, -0.1) is 0 Å². The summed E-state index contributed by atoms with van der Waals surface area (Å²) in [5.74, 6) is -0.833. The Morgan fingerprint density at radius 2 is 1.41 bits per heavy atom. The van der Waals surface area contributed by atoms with E-state index in [-0.39, 0.29) is 0 Å². The summed E-state index contributed by atoms with van der Waals surface area (Å²) in [5, 5.41) is 15.5. The fourth-order valence-electron chi connectivity index (χ4n) is 0.565. The van der Waals surface area contributed by atoms with Gasteiger partial charge in [0.25, 0.3) is 5.97 Å². The fourth-order valence-corrected chi connectivity index (χ4v) is 0.565. The first-order valence-electron chi connectivity index (χ1n) is 6.02. The smallest absolute Gasteiger partial charge is 0.300 e. The van der Waals surface area contributed by atoms with E-state index in [0.29, 0.717) is 6.61 Å². The van der Waals surface area contributed by atoms with Crippen LogP contribution in [0.2, 0.25) is 0 Å². The highest BCUT2D eigenvalue weighted by Gasteiger charge is 1.81. The van der Waals surface area contributed by atoms with Gasteiger partial charge in [-0.2, -0.15) is 0 Å². The van der Waals surface area contributed by atoms with Gasteiger partial charge in [-0.3, -0.25) is 4.79 Å². The number of aliphatic carboxylic acids is 1. The third-order valence-electron chi connectivity index (χ3n) is 1.29. The number of carbonyl (C=O) groups is 1. The van der Waals surface area contributed by atoms with Crippen molar-refractivity contribution < 1.29 is 24.5 Å². The van der Waals surface area contributed by atoms with Crippen molar-refractivity contribution in [2.45, 2.75) is 40.5 Å². The van der Waals surface area contributed by atoms with Crippen LogP contribution in [0, 0.1) is 0 Å². The van der Waals surface area contributed by atoms with Crippen molar-refractivity contribution in [3.05, 3.63) is 0 Å². The summed E-state index contributed by atoms with van der Waals surface area (Å²) in [6.07, 6.45) is 2.04. The van der Waals surface area contributed by atoms with Crippen molar-refractivity contribution in [1.29, 1.82) is 0 Å². The molecule has 0 unspecified atom stereocenters. The molecule has 0 aliphatic heterocycles. The van der Waals surface area contributed by atoms with Crippen LogP contribution in [0.3, 0.4) is 0 Å².